The van der Waals surface area contributed by atoms with Gasteiger partial charge in [-0.25, -0.2) is 0 Å². The van der Waals surface area contributed by atoms with Crippen LogP contribution in [-0.2, 0) is 4.79 Å². The molecular formula is C6H12N2O2. The Morgan fingerprint density at radius 1 is 1.40 bits per heavy atom. The van der Waals surface area contributed by atoms with Gasteiger partial charge in [0.15, 0.2) is 0 Å². The van der Waals surface area contributed by atoms with Gasteiger partial charge in [-0.3, -0.25) is 4.79 Å². The van der Waals surface area contributed by atoms with Crippen LogP contribution in [0, 0.1) is 5.92 Å². The van der Waals surface area contributed by atoms with Crippen molar-refractivity contribution in [3.05, 3.63) is 0 Å². The van der Waals surface area contributed by atoms with Crippen LogP contribution in [0.3, 0.4) is 0 Å². The Balaban J connectivity index is 2.54. The van der Waals surface area contributed by atoms with Gasteiger partial charge < -0.3 is 16.6 Å². The normalized spacial score (nSPS) is 40.0. The van der Waals surface area contributed by atoms with Crippen LogP contribution >= 0.6 is 0 Å². The molecule has 58 valence electrons. The van der Waals surface area contributed by atoms with Crippen LogP contribution in [0.1, 0.15) is 12.8 Å². The number of hydrogen-bond acceptors (Lipinski definition) is 3. The standard InChI is InChI=1S/C6H12N2O2/c7-3-1-4(6(9)10)5(8)2-3/h3-5H,1-2,7-8H2,(H,9,10)/t3-,4+,5-/m0/s1. The average molecular weight is 144 g/mol. The summed E-state index contributed by atoms with van der Waals surface area (Å²) in [6.45, 7) is 0. The number of carbonyl (C=O) groups is 1. The van der Waals surface area contributed by atoms with Crippen LogP contribution in [-0.4, -0.2) is 23.2 Å². The third-order valence-corrected chi connectivity index (χ3v) is 1.97. The first-order valence-corrected chi connectivity index (χ1v) is 3.35. The fourth-order valence-corrected chi connectivity index (χ4v) is 1.39. The minimum absolute atomic E-state index is 0.0175. The molecule has 0 aliphatic heterocycles. The lowest BCUT2D eigenvalue weighted by atomic mass is 10.1. The SMILES string of the molecule is N[C@@H]1C[C@H](N)[C@H](C(=O)O)C1. The zero-order chi connectivity index (χ0) is 7.72. The maximum Gasteiger partial charge on any atom is 0.308 e. The summed E-state index contributed by atoms with van der Waals surface area (Å²) >= 11 is 0. The van der Waals surface area contributed by atoms with Crippen molar-refractivity contribution in [1.82, 2.24) is 0 Å². The lowest BCUT2D eigenvalue weighted by Gasteiger charge is -2.07. The van der Waals surface area contributed by atoms with Gasteiger partial charge >= 0.3 is 5.97 Å². The van der Waals surface area contributed by atoms with Crippen LogP contribution in [0.5, 0.6) is 0 Å². The lowest BCUT2D eigenvalue weighted by molar-refractivity contribution is -0.141. The molecule has 0 bridgehead atoms. The van der Waals surface area contributed by atoms with E-state index in [1.54, 1.807) is 0 Å². The van der Waals surface area contributed by atoms with Crippen LogP contribution in [0.15, 0.2) is 0 Å². The summed E-state index contributed by atoms with van der Waals surface area (Å²) in [5, 5.41) is 8.57. The van der Waals surface area contributed by atoms with Gasteiger partial charge in [-0.1, -0.05) is 0 Å². The Morgan fingerprint density at radius 2 is 2.00 bits per heavy atom. The van der Waals surface area contributed by atoms with E-state index in [9.17, 15) is 4.79 Å². The summed E-state index contributed by atoms with van der Waals surface area (Å²) in [4.78, 5) is 10.4. The quantitative estimate of drug-likeness (QED) is 0.446. The van der Waals surface area contributed by atoms with Gasteiger partial charge in [0.05, 0.1) is 5.92 Å². The van der Waals surface area contributed by atoms with Gasteiger partial charge in [0.25, 0.3) is 0 Å². The number of carboxylic acid groups (broad SMARTS) is 1. The van der Waals surface area contributed by atoms with E-state index in [4.69, 9.17) is 16.6 Å². The minimum atomic E-state index is -0.819. The molecule has 1 aliphatic rings. The largest absolute Gasteiger partial charge is 0.481 e. The van der Waals surface area contributed by atoms with Gasteiger partial charge in [-0.2, -0.15) is 0 Å². The number of nitrogens with two attached hydrogens (primary N) is 2. The van der Waals surface area contributed by atoms with E-state index in [1.165, 1.54) is 0 Å². The second-order valence-corrected chi connectivity index (χ2v) is 2.84. The highest BCUT2D eigenvalue weighted by molar-refractivity contribution is 5.71. The first-order chi connectivity index (χ1) is 4.61. The molecule has 0 radical (unpaired) electrons. The zero-order valence-electron chi connectivity index (χ0n) is 5.66. The minimum Gasteiger partial charge on any atom is -0.481 e. The predicted molar refractivity (Wildman–Crippen MR) is 36.3 cm³/mol. The topological polar surface area (TPSA) is 89.3 Å². The highest BCUT2D eigenvalue weighted by Gasteiger charge is 2.34. The van der Waals surface area contributed by atoms with Crippen molar-refractivity contribution in [2.24, 2.45) is 17.4 Å². The summed E-state index contributed by atoms with van der Waals surface area (Å²) in [5.41, 5.74) is 11.0. The molecule has 4 heteroatoms. The van der Waals surface area contributed by atoms with E-state index in [0.717, 1.165) is 0 Å². The van der Waals surface area contributed by atoms with Gasteiger partial charge in [0.1, 0.15) is 0 Å². The van der Waals surface area contributed by atoms with Crippen molar-refractivity contribution in [2.45, 2.75) is 24.9 Å². The van der Waals surface area contributed by atoms with Crippen molar-refractivity contribution in [2.75, 3.05) is 0 Å². The monoisotopic (exact) mass is 144 g/mol. The highest BCUT2D eigenvalue weighted by Crippen LogP contribution is 2.22. The van der Waals surface area contributed by atoms with Crippen molar-refractivity contribution < 1.29 is 9.90 Å². The van der Waals surface area contributed by atoms with Crippen molar-refractivity contribution in [3.8, 4) is 0 Å². The summed E-state index contributed by atoms with van der Waals surface area (Å²) in [5.74, 6) is -1.24. The van der Waals surface area contributed by atoms with E-state index in [0.29, 0.717) is 12.8 Å². The molecule has 0 amide bonds. The molecule has 0 aromatic carbocycles. The molecule has 10 heavy (non-hydrogen) atoms. The first-order valence-electron chi connectivity index (χ1n) is 3.35. The van der Waals surface area contributed by atoms with Crippen LogP contribution < -0.4 is 11.5 Å². The van der Waals surface area contributed by atoms with Crippen LogP contribution in [0.4, 0.5) is 0 Å². The van der Waals surface area contributed by atoms with E-state index in [2.05, 4.69) is 0 Å². The van der Waals surface area contributed by atoms with E-state index in [1.807, 2.05) is 0 Å². The molecule has 0 spiro atoms. The zero-order valence-corrected chi connectivity index (χ0v) is 5.66. The molecule has 1 saturated carbocycles. The van der Waals surface area contributed by atoms with Gasteiger partial charge in [0, 0.05) is 12.1 Å². The maximum atomic E-state index is 10.4. The molecule has 1 aliphatic carbocycles. The fraction of sp³-hybridized carbons (Fsp3) is 0.833. The number of carboxylic acids is 1. The fourth-order valence-electron chi connectivity index (χ4n) is 1.39. The molecule has 0 saturated heterocycles. The van der Waals surface area contributed by atoms with Crippen molar-refractivity contribution in [1.29, 1.82) is 0 Å². The van der Waals surface area contributed by atoms with Gasteiger partial charge in [-0.05, 0) is 12.8 Å². The summed E-state index contributed by atoms with van der Waals surface area (Å²) in [6, 6.07) is -0.261. The molecular weight excluding hydrogens is 132 g/mol. The molecule has 0 heterocycles. The Kier molecular flexibility index (Phi) is 1.92. The van der Waals surface area contributed by atoms with Crippen molar-refractivity contribution in [3.63, 3.8) is 0 Å². The average Bonchev–Trinajstić information content (AvgIpc) is 2.10. The Bertz CT molecular complexity index is 149. The highest BCUT2D eigenvalue weighted by atomic mass is 16.4. The van der Waals surface area contributed by atoms with Crippen molar-refractivity contribution >= 4 is 5.97 Å². The van der Waals surface area contributed by atoms with Gasteiger partial charge in [-0.15, -0.1) is 0 Å². The van der Waals surface area contributed by atoms with E-state index < -0.39 is 11.9 Å². The third kappa shape index (κ3) is 1.27. The predicted octanol–water partition coefficient (Wildman–Crippen LogP) is -0.864. The maximum absolute atomic E-state index is 10.4. The molecule has 4 nitrogen and oxygen atoms in total. The number of hydrogen-bond donors (Lipinski definition) is 3. The number of rotatable bonds is 1. The Labute approximate surface area is 59.2 Å². The summed E-state index contributed by atoms with van der Waals surface area (Å²) in [7, 11) is 0. The summed E-state index contributed by atoms with van der Waals surface area (Å²) in [6.07, 6.45) is 1.16. The summed E-state index contributed by atoms with van der Waals surface area (Å²) < 4.78 is 0. The molecule has 5 N–H and O–H groups in total. The van der Waals surface area contributed by atoms with E-state index >= 15 is 0 Å². The molecule has 0 unspecified atom stereocenters. The second kappa shape index (κ2) is 2.56. The molecule has 0 aromatic rings. The molecule has 1 rings (SSSR count). The van der Waals surface area contributed by atoms with Crippen LogP contribution in [0.25, 0.3) is 0 Å². The third-order valence-electron chi connectivity index (χ3n) is 1.97. The molecule has 3 atom stereocenters. The van der Waals surface area contributed by atoms with E-state index in [-0.39, 0.29) is 12.1 Å². The lowest BCUT2D eigenvalue weighted by Crippen LogP contribution is -2.30. The number of aliphatic carboxylic acids is 1. The molecule has 0 aromatic heterocycles. The van der Waals surface area contributed by atoms with Crippen LogP contribution in [0.2, 0.25) is 0 Å². The van der Waals surface area contributed by atoms with Gasteiger partial charge in [0.2, 0.25) is 0 Å². The second-order valence-electron chi connectivity index (χ2n) is 2.84. The smallest absolute Gasteiger partial charge is 0.308 e. The Hall–Kier alpha value is -0.610. The molecule has 1 fully saturated rings. The Morgan fingerprint density at radius 3 is 2.20 bits per heavy atom. The first kappa shape index (κ1) is 7.50.